The number of phenols is 1. The number of hydrogen-bond donors (Lipinski definition) is 14. The number of aromatic hydroxyl groups is 1. The SMILES string of the molecule is CC[C@H](C)[C@@H]1NC(=O)CNC(=O)[C@H]2Cc3c([nH]c4c(N5CCN(CCNC(=O)CCCCCN6C(=O)C=CC6=O)CC5)c(O)ccc34)S(=O)C[C@@H](NC(=O)CNC1=O)C(=O)N[C@@H](CC(N)=O)C(=O)N1C[C@H](O)C[C@H]1C(=O)N[C@@H]([C@H](C)[C@H](O)CO)C(=O)N2. The molecule has 7 rings (SSSR count). The molecule has 15 N–H and O–H groups in total. The number of aromatic nitrogens is 1. The Morgan fingerprint density at radius 3 is 2.14 bits per heavy atom. The molecular weight excluding hydrogens is 1160 g/mol. The molecule has 31 nitrogen and oxygen atoms in total. The lowest BCUT2D eigenvalue weighted by atomic mass is 9.93. The number of carbonyl (C=O) groups excluding carboxylic acids is 12. The second-order valence-corrected chi connectivity index (χ2v) is 23.9. The number of aliphatic hydroxyl groups excluding tert-OH is 3. The fourth-order valence-electron chi connectivity index (χ4n) is 11.1. The van der Waals surface area contributed by atoms with Gasteiger partial charge in [-0.2, -0.15) is 0 Å². The number of aromatic amines is 1. The van der Waals surface area contributed by atoms with Gasteiger partial charge in [-0.3, -0.25) is 71.5 Å². The number of H-pyrrole nitrogens is 1. The third-order valence-corrected chi connectivity index (χ3v) is 17.7. The number of nitrogens with two attached hydrogens (primary N) is 1. The van der Waals surface area contributed by atoms with E-state index in [2.05, 4.69) is 52.4 Å². The minimum Gasteiger partial charge on any atom is -0.506 e. The molecule has 476 valence electrons. The van der Waals surface area contributed by atoms with Gasteiger partial charge in [0.1, 0.15) is 52.7 Å². The molecule has 0 aliphatic carbocycles. The molecule has 2 saturated heterocycles. The van der Waals surface area contributed by atoms with E-state index < -0.39 is 176 Å². The minimum absolute atomic E-state index is 0.0381. The fourth-order valence-corrected chi connectivity index (χ4v) is 12.5. The first-order valence-electron chi connectivity index (χ1n) is 29.0. The van der Waals surface area contributed by atoms with Crippen LogP contribution in [0.25, 0.3) is 10.9 Å². The Balaban J connectivity index is 1.25. The van der Waals surface area contributed by atoms with E-state index in [0.29, 0.717) is 65.0 Å². The number of phenolic OH excluding ortho intramolecular Hbond substituents is 1. The number of piperazine rings is 1. The molecule has 87 heavy (non-hydrogen) atoms. The van der Waals surface area contributed by atoms with Crippen molar-refractivity contribution in [3.8, 4) is 5.75 Å². The van der Waals surface area contributed by atoms with Crippen molar-refractivity contribution in [2.24, 2.45) is 17.6 Å². The maximum atomic E-state index is 15.3. The second-order valence-electron chi connectivity index (χ2n) is 22.4. The van der Waals surface area contributed by atoms with E-state index in [1.807, 2.05) is 4.90 Å². The highest BCUT2D eigenvalue weighted by atomic mass is 32.2. The van der Waals surface area contributed by atoms with Crippen LogP contribution in [0.4, 0.5) is 5.69 Å². The van der Waals surface area contributed by atoms with Crippen molar-refractivity contribution in [1.82, 2.24) is 62.2 Å². The van der Waals surface area contributed by atoms with Gasteiger partial charge in [0.2, 0.25) is 59.1 Å². The van der Waals surface area contributed by atoms with Crippen LogP contribution in [0.5, 0.6) is 5.75 Å². The number of nitrogens with one attached hydrogen (secondary N) is 9. The Morgan fingerprint density at radius 1 is 0.793 bits per heavy atom. The normalized spacial score (nSPS) is 26.2. The van der Waals surface area contributed by atoms with E-state index in [1.165, 1.54) is 31.2 Å². The van der Waals surface area contributed by atoms with Crippen molar-refractivity contribution >= 4 is 98.3 Å². The van der Waals surface area contributed by atoms with Crippen LogP contribution in [0, 0.1) is 11.8 Å². The summed E-state index contributed by atoms with van der Waals surface area (Å²) in [6, 6.07) is -7.52. The molecule has 0 spiro atoms. The van der Waals surface area contributed by atoms with Crippen LogP contribution in [0.2, 0.25) is 0 Å². The number of benzene rings is 1. The average Bonchev–Trinajstić information content (AvgIpc) is 2.62. The quantitative estimate of drug-likeness (QED) is 0.0518. The molecule has 0 radical (unpaired) electrons. The highest BCUT2D eigenvalue weighted by Crippen LogP contribution is 2.40. The Kier molecular flexibility index (Phi) is 22.9. The van der Waals surface area contributed by atoms with Crippen molar-refractivity contribution in [1.29, 1.82) is 0 Å². The Labute approximate surface area is 502 Å². The van der Waals surface area contributed by atoms with Gasteiger partial charge in [0.15, 0.2) is 0 Å². The van der Waals surface area contributed by atoms with Crippen LogP contribution in [0.1, 0.15) is 71.3 Å². The van der Waals surface area contributed by atoms with Crippen molar-refractivity contribution in [2.75, 3.05) is 82.7 Å². The standard InChI is InChI=1S/C55H78N14O17S/c1-4-28(2)45-52(83)59-23-41(76)60-35-27-87(86)54-32(31-9-10-37(72)48(47(31)65-54)67-18-16-66(17-19-67)15-13-57-40(75)8-6-5-7-14-68-43(78)11-12-44(68)79)21-33(49(80)58-24-42(77)63-45)61-53(84)46(29(3)38(73)26-70)64-51(82)36-20-30(71)25-69(36)55(85)34(22-39(56)74)62-50(35)81/h9-12,28-30,33-36,38,45-46,65,70-73H,4-8,13-27H2,1-3H3,(H2,56,74)(H,57,75)(H,58,80)(H,59,83)(H,60,76)(H,61,84)(H,62,81)(H,63,77)(H,64,82)/t28-,29+,30+,33+,34-,35+,36-,38+,45-,46-,87?/m0/s1. The highest BCUT2D eigenvalue weighted by molar-refractivity contribution is 7.85. The summed E-state index contributed by atoms with van der Waals surface area (Å²) in [6.07, 6.45) is -0.257. The lowest BCUT2D eigenvalue weighted by molar-refractivity contribution is -0.144. The molecular formula is C55H78N14O17S. The lowest BCUT2D eigenvalue weighted by Crippen LogP contribution is -2.62. The number of fused-ring (bicyclic) bond motifs is 5. The summed E-state index contributed by atoms with van der Waals surface area (Å²) in [6.45, 7) is 4.09. The third kappa shape index (κ3) is 16.7. The summed E-state index contributed by atoms with van der Waals surface area (Å²) in [5, 5.41) is 63.9. The molecule has 11 atom stereocenters. The zero-order chi connectivity index (χ0) is 63.4. The molecule has 1 aromatic carbocycles. The van der Waals surface area contributed by atoms with E-state index in [1.54, 1.807) is 13.8 Å². The number of nitrogens with zero attached hydrogens (tertiary/aromatic N) is 4. The molecule has 2 fully saturated rings. The first kappa shape index (κ1) is 66.5. The molecule has 2 aromatic rings. The molecule has 5 aliphatic rings. The Hall–Kier alpha value is -8.07. The van der Waals surface area contributed by atoms with Crippen molar-refractivity contribution in [3.05, 3.63) is 29.8 Å². The van der Waals surface area contributed by atoms with Crippen LogP contribution in [0.3, 0.4) is 0 Å². The minimum atomic E-state index is -2.51. The summed E-state index contributed by atoms with van der Waals surface area (Å²) >= 11 is 0. The number of hydrogen-bond acceptors (Lipinski definition) is 19. The van der Waals surface area contributed by atoms with Gasteiger partial charge in [-0.1, -0.05) is 33.6 Å². The molecule has 5 aliphatic heterocycles. The van der Waals surface area contributed by atoms with Gasteiger partial charge < -0.3 is 83.5 Å². The molecule has 1 aromatic heterocycles. The first-order valence-corrected chi connectivity index (χ1v) is 30.3. The number of amides is 12. The second kappa shape index (κ2) is 30.0. The molecule has 1 unspecified atom stereocenters. The zero-order valence-electron chi connectivity index (χ0n) is 48.6. The average molecular weight is 1240 g/mol. The van der Waals surface area contributed by atoms with Gasteiger partial charge in [0.25, 0.3) is 11.8 Å². The Morgan fingerprint density at radius 2 is 1.47 bits per heavy atom. The van der Waals surface area contributed by atoms with Gasteiger partial charge in [-0.15, -0.1) is 0 Å². The lowest BCUT2D eigenvalue weighted by Gasteiger charge is -2.36. The van der Waals surface area contributed by atoms with Crippen LogP contribution in [0.15, 0.2) is 29.3 Å². The predicted molar refractivity (Wildman–Crippen MR) is 308 cm³/mol. The smallest absolute Gasteiger partial charge is 0.253 e. The number of rotatable bonds is 17. The van der Waals surface area contributed by atoms with E-state index in [4.69, 9.17) is 5.73 Å². The number of unbranched alkanes of at least 4 members (excludes halogenated alkanes) is 2. The van der Waals surface area contributed by atoms with Gasteiger partial charge in [-0.25, -0.2) is 0 Å². The van der Waals surface area contributed by atoms with E-state index >= 15 is 4.21 Å². The van der Waals surface area contributed by atoms with Crippen LogP contribution in [-0.2, 0) is 74.8 Å². The largest absolute Gasteiger partial charge is 0.506 e. The van der Waals surface area contributed by atoms with Gasteiger partial charge in [0.05, 0.1) is 60.4 Å². The van der Waals surface area contributed by atoms with Crippen LogP contribution < -0.4 is 53.2 Å². The summed E-state index contributed by atoms with van der Waals surface area (Å²) in [5.74, 6) is -13.4. The van der Waals surface area contributed by atoms with Crippen molar-refractivity contribution in [2.45, 2.75) is 126 Å². The maximum absolute atomic E-state index is 15.3. The molecule has 0 saturated carbocycles. The van der Waals surface area contributed by atoms with Crippen LogP contribution >= 0.6 is 0 Å². The van der Waals surface area contributed by atoms with E-state index in [-0.39, 0.29) is 63.6 Å². The first-order chi connectivity index (χ1) is 41.4. The molecule has 32 heteroatoms. The van der Waals surface area contributed by atoms with Gasteiger partial charge in [0, 0.05) is 95.1 Å². The molecule has 12 amide bonds. The monoisotopic (exact) mass is 1240 g/mol. The summed E-state index contributed by atoms with van der Waals surface area (Å²) in [4.78, 5) is 172. The fraction of sp³-hybridized carbons (Fsp3) is 0.600. The maximum Gasteiger partial charge on any atom is 0.253 e. The number of aliphatic hydroxyl groups is 3. The van der Waals surface area contributed by atoms with Gasteiger partial charge in [-0.05, 0) is 36.5 Å². The van der Waals surface area contributed by atoms with Gasteiger partial charge >= 0.3 is 0 Å². The van der Waals surface area contributed by atoms with Crippen molar-refractivity contribution < 1.29 is 82.2 Å². The number of imide groups is 1. The number of primary amides is 1. The molecule has 6 heterocycles. The Bertz CT molecular complexity index is 3020. The van der Waals surface area contributed by atoms with E-state index in [9.17, 15) is 78.0 Å². The summed E-state index contributed by atoms with van der Waals surface area (Å²) in [7, 11) is -2.51. The summed E-state index contributed by atoms with van der Waals surface area (Å²) in [5.41, 5.74) is 5.99. The zero-order valence-corrected chi connectivity index (χ0v) is 49.4. The van der Waals surface area contributed by atoms with Crippen LogP contribution in [-0.4, -0.2) is 241 Å². The number of carbonyl (C=O) groups is 12. The topological polar surface area (TPSA) is 454 Å². The van der Waals surface area contributed by atoms with E-state index in [0.717, 1.165) is 9.80 Å². The third-order valence-electron chi connectivity index (χ3n) is 16.3. The highest BCUT2D eigenvalue weighted by Gasteiger charge is 2.45. The number of anilines is 1. The molecule has 2 bridgehead atoms. The predicted octanol–water partition coefficient (Wildman–Crippen LogP) is -6.20. The summed E-state index contributed by atoms with van der Waals surface area (Å²) < 4.78 is 15.3. The van der Waals surface area contributed by atoms with Crippen molar-refractivity contribution in [3.63, 3.8) is 0 Å².